The Morgan fingerprint density at radius 2 is 1.32 bits per heavy atom. The Morgan fingerprint density at radius 3 is 1.90 bits per heavy atom. The van der Waals surface area contributed by atoms with Crippen molar-refractivity contribution in [2.75, 3.05) is 6.61 Å². The van der Waals surface area contributed by atoms with Gasteiger partial charge in [0.15, 0.2) is 6.04 Å². The van der Waals surface area contributed by atoms with Crippen LogP contribution in [0.3, 0.4) is 0 Å². The van der Waals surface area contributed by atoms with Gasteiger partial charge in [0.05, 0.1) is 13.0 Å². The fourth-order valence-electron chi connectivity index (χ4n) is 4.65. The van der Waals surface area contributed by atoms with E-state index in [-0.39, 0.29) is 19.0 Å². The van der Waals surface area contributed by atoms with Crippen LogP contribution in [0, 0.1) is 0 Å². The molecule has 1 aromatic carbocycles. The topological polar surface area (TPSA) is 102 Å². The highest BCUT2D eigenvalue weighted by atomic mass is 16.5. The Kier molecular flexibility index (Phi) is 21.7. The molecule has 2 atom stereocenters. The zero-order valence-electron chi connectivity index (χ0n) is 25.2. The van der Waals surface area contributed by atoms with Crippen LogP contribution in [0.15, 0.2) is 30.3 Å². The summed E-state index contributed by atoms with van der Waals surface area (Å²) >= 11 is 0. The van der Waals surface area contributed by atoms with E-state index in [0.29, 0.717) is 12.8 Å². The van der Waals surface area contributed by atoms with Crippen LogP contribution >= 0.6 is 0 Å². The number of ether oxygens (including phenoxy) is 2. The third-order valence-corrected chi connectivity index (χ3v) is 7.10. The molecule has 2 N–H and O–H groups in total. The molecule has 7 nitrogen and oxygen atoms in total. The quantitative estimate of drug-likeness (QED) is 0.0968. The van der Waals surface area contributed by atoms with Gasteiger partial charge in [0.25, 0.3) is 0 Å². The highest BCUT2D eigenvalue weighted by Gasteiger charge is 2.24. The Morgan fingerprint density at radius 1 is 0.775 bits per heavy atom. The zero-order valence-corrected chi connectivity index (χ0v) is 25.2. The van der Waals surface area contributed by atoms with Crippen LogP contribution in [-0.2, 0) is 30.5 Å². The number of rotatable bonds is 25. The molecule has 0 heterocycles. The van der Waals surface area contributed by atoms with E-state index in [1.54, 1.807) is 0 Å². The van der Waals surface area contributed by atoms with Gasteiger partial charge in [-0.1, -0.05) is 128 Å². The van der Waals surface area contributed by atoms with E-state index in [1.807, 2.05) is 30.3 Å². The van der Waals surface area contributed by atoms with Crippen molar-refractivity contribution in [3.05, 3.63) is 35.9 Å². The lowest BCUT2D eigenvalue weighted by molar-refractivity contribution is -0.153. The SMILES string of the molecule is CCCCCCCCCCC[C@H](CC(=O)N[C@@H](CO)C(=O)OCc1ccccc1)OC(=O)CCCCCCCC. The zero-order chi connectivity index (χ0) is 29.3. The summed E-state index contributed by atoms with van der Waals surface area (Å²) < 4.78 is 11.0. The molecule has 0 saturated carbocycles. The molecule has 0 fully saturated rings. The second kappa shape index (κ2) is 24.4. The first-order valence-electron chi connectivity index (χ1n) is 15.8. The number of hydrogen-bond donors (Lipinski definition) is 2. The van der Waals surface area contributed by atoms with Crippen LogP contribution in [0.4, 0.5) is 0 Å². The van der Waals surface area contributed by atoms with Gasteiger partial charge < -0.3 is 19.9 Å². The number of carbonyl (C=O) groups excluding carboxylic acids is 3. The van der Waals surface area contributed by atoms with Gasteiger partial charge >= 0.3 is 11.9 Å². The summed E-state index contributed by atoms with van der Waals surface area (Å²) in [6, 6.07) is 8.05. The first-order chi connectivity index (χ1) is 19.5. The minimum Gasteiger partial charge on any atom is -0.462 e. The van der Waals surface area contributed by atoms with Crippen LogP contribution in [0.5, 0.6) is 0 Å². The monoisotopic (exact) mass is 561 g/mol. The second-order valence-corrected chi connectivity index (χ2v) is 10.8. The van der Waals surface area contributed by atoms with Gasteiger partial charge in [0.2, 0.25) is 5.91 Å². The molecule has 1 aromatic rings. The van der Waals surface area contributed by atoms with Crippen LogP contribution in [0.25, 0.3) is 0 Å². The Hall–Kier alpha value is -2.41. The average molecular weight is 562 g/mol. The normalized spacial score (nSPS) is 12.5. The van der Waals surface area contributed by atoms with Gasteiger partial charge in [-0.2, -0.15) is 0 Å². The molecular weight excluding hydrogens is 506 g/mol. The standard InChI is InChI=1S/C33H55NO6/c1-3-5-7-9-11-12-13-14-19-23-29(40-32(37)24-20-15-10-8-6-4-2)25-31(36)34-30(26-35)33(38)39-27-28-21-17-16-18-22-28/h16-18,21-22,29-30,35H,3-15,19-20,23-27H2,1-2H3,(H,34,36)/t29-,30+/m1/s1. The summed E-state index contributed by atoms with van der Waals surface area (Å²) in [7, 11) is 0. The maximum Gasteiger partial charge on any atom is 0.331 e. The number of aliphatic hydroxyl groups excluding tert-OH is 1. The first kappa shape index (κ1) is 35.6. The third kappa shape index (κ3) is 18.8. The minimum absolute atomic E-state index is 0.0400. The van der Waals surface area contributed by atoms with Gasteiger partial charge in [-0.15, -0.1) is 0 Å². The number of nitrogens with one attached hydrogen (secondary N) is 1. The third-order valence-electron chi connectivity index (χ3n) is 7.10. The van der Waals surface area contributed by atoms with Crippen molar-refractivity contribution in [1.29, 1.82) is 0 Å². The summed E-state index contributed by atoms with van der Waals surface area (Å²) in [5, 5.41) is 12.2. The van der Waals surface area contributed by atoms with Gasteiger partial charge in [-0.3, -0.25) is 9.59 Å². The van der Waals surface area contributed by atoms with Crippen molar-refractivity contribution < 1.29 is 29.0 Å². The van der Waals surface area contributed by atoms with E-state index in [4.69, 9.17) is 9.47 Å². The Labute approximate surface area is 242 Å². The highest BCUT2D eigenvalue weighted by Crippen LogP contribution is 2.16. The number of amides is 1. The van der Waals surface area contributed by atoms with Crippen molar-refractivity contribution in [3.63, 3.8) is 0 Å². The summed E-state index contributed by atoms with van der Waals surface area (Å²) in [6.07, 6.45) is 17.5. The fraction of sp³-hybridized carbons (Fsp3) is 0.727. The number of benzene rings is 1. The van der Waals surface area contributed by atoms with E-state index < -0.39 is 30.6 Å². The maximum absolute atomic E-state index is 12.8. The van der Waals surface area contributed by atoms with E-state index >= 15 is 0 Å². The molecule has 0 unspecified atom stereocenters. The van der Waals surface area contributed by atoms with Gasteiger partial charge in [-0.05, 0) is 24.8 Å². The molecule has 1 rings (SSSR count). The smallest absolute Gasteiger partial charge is 0.331 e. The molecule has 228 valence electrons. The number of hydrogen-bond acceptors (Lipinski definition) is 6. The molecule has 0 bridgehead atoms. The minimum atomic E-state index is -1.16. The molecule has 0 aliphatic rings. The predicted molar refractivity (Wildman–Crippen MR) is 160 cm³/mol. The van der Waals surface area contributed by atoms with E-state index in [2.05, 4.69) is 19.2 Å². The molecule has 1 amide bonds. The van der Waals surface area contributed by atoms with Crippen molar-refractivity contribution in [1.82, 2.24) is 5.32 Å². The summed E-state index contributed by atoms with van der Waals surface area (Å²) in [4.78, 5) is 37.7. The predicted octanol–water partition coefficient (Wildman–Crippen LogP) is 7.18. The van der Waals surface area contributed by atoms with Gasteiger partial charge in [0.1, 0.15) is 12.7 Å². The van der Waals surface area contributed by atoms with Crippen LogP contribution < -0.4 is 5.32 Å². The Balaban J connectivity index is 2.51. The van der Waals surface area contributed by atoms with Crippen molar-refractivity contribution in [3.8, 4) is 0 Å². The molecule has 40 heavy (non-hydrogen) atoms. The van der Waals surface area contributed by atoms with Crippen molar-refractivity contribution >= 4 is 17.8 Å². The lowest BCUT2D eigenvalue weighted by Gasteiger charge is -2.20. The first-order valence-corrected chi connectivity index (χ1v) is 15.8. The van der Waals surface area contributed by atoms with E-state index in [1.165, 1.54) is 57.8 Å². The molecular formula is C33H55NO6. The summed E-state index contributed by atoms with van der Waals surface area (Å²) in [5.41, 5.74) is 0.817. The van der Waals surface area contributed by atoms with E-state index in [9.17, 15) is 19.5 Å². The molecule has 7 heteroatoms. The Bertz CT molecular complexity index is 784. The van der Waals surface area contributed by atoms with Crippen LogP contribution in [0.1, 0.15) is 135 Å². The molecule has 0 aliphatic heterocycles. The van der Waals surface area contributed by atoms with Crippen molar-refractivity contribution in [2.45, 2.75) is 148 Å². The lowest BCUT2D eigenvalue weighted by atomic mass is 10.0. The molecule has 0 spiro atoms. The lowest BCUT2D eigenvalue weighted by Crippen LogP contribution is -2.45. The maximum atomic E-state index is 12.8. The summed E-state index contributed by atoms with van der Waals surface area (Å²) in [5.74, 6) is -1.41. The molecule has 0 saturated heterocycles. The largest absolute Gasteiger partial charge is 0.462 e. The van der Waals surface area contributed by atoms with Crippen LogP contribution in [0.2, 0.25) is 0 Å². The fourth-order valence-corrected chi connectivity index (χ4v) is 4.65. The number of aliphatic hydroxyl groups is 1. The van der Waals surface area contributed by atoms with Crippen molar-refractivity contribution in [2.24, 2.45) is 0 Å². The number of carbonyl (C=O) groups is 3. The molecule has 0 radical (unpaired) electrons. The molecule has 0 aromatic heterocycles. The van der Waals surface area contributed by atoms with Crippen LogP contribution in [-0.4, -0.2) is 41.7 Å². The summed E-state index contributed by atoms with van der Waals surface area (Å²) in [6.45, 7) is 3.89. The number of esters is 2. The van der Waals surface area contributed by atoms with Gasteiger partial charge in [-0.25, -0.2) is 4.79 Å². The number of unbranched alkanes of at least 4 members (excludes halogenated alkanes) is 13. The average Bonchev–Trinajstić information content (AvgIpc) is 2.96. The highest BCUT2D eigenvalue weighted by molar-refractivity contribution is 5.85. The van der Waals surface area contributed by atoms with E-state index in [0.717, 1.165) is 44.1 Å². The molecule has 0 aliphatic carbocycles. The second-order valence-electron chi connectivity index (χ2n) is 10.8. The van der Waals surface area contributed by atoms with Gasteiger partial charge in [0, 0.05) is 6.42 Å².